The van der Waals surface area contributed by atoms with Crippen LogP contribution in [0, 0.1) is 0 Å². The fourth-order valence-electron chi connectivity index (χ4n) is 1.96. The van der Waals surface area contributed by atoms with Crippen molar-refractivity contribution in [2.45, 2.75) is 7.59 Å². The van der Waals surface area contributed by atoms with E-state index >= 15 is 0 Å². The minimum Gasteiger partial charge on any atom is -0.399 e. The number of hydrogen-bond acceptors (Lipinski definition) is 2. The van der Waals surface area contributed by atoms with E-state index < -0.39 is 7.59 Å². The van der Waals surface area contributed by atoms with E-state index in [1.54, 1.807) is 36.4 Å². The van der Waals surface area contributed by atoms with Gasteiger partial charge in [0.25, 0.3) is 0 Å². The summed E-state index contributed by atoms with van der Waals surface area (Å²) in [6, 6.07) is 9.99. The Kier molecular flexibility index (Phi) is 5.23. The van der Waals surface area contributed by atoms with Gasteiger partial charge in [-0.2, -0.15) is 0 Å². The maximum absolute atomic E-state index is 5.91. The largest absolute Gasteiger partial charge is 0.399 e. The second kappa shape index (κ2) is 6.35. The van der Waals surface area contributed by atoms with E-state index in [1.807, 2.05) is 0 Å². The van der Waals surface area contributed by atoms with Crippen LogP contribution in [-0.4, -0.2) is 0 Å². The molecular formula is C14H10Cl6N2. The van der Waals surface area contributed by atoms with Gasteiger partial charge in [0.05, 0.1) is 0 Å². The molecule has 0 aromatic heterocycles. The van der Waals surface area contributed by atoms with E-state index in [0.29, 0.717) is 33.6 Å². The van der Waals surface area contributed by atoms with Gasteiger partial charge in [0, 0.05) is 22.5 Å². The van der Waals surface area contributed by atoms with Crippen LogP contribution >= 0.6 is 69.6 Å². The van der Waals surface area contributed by atoms with E-state index in [4.69, 9.17) is 81.1 Å². The first kappa shape index (κ1) is 18.1. The SMILES string of the molecule is Nc1cc(-c2cc(N)cc(C(Cl)(Cl)Cl)c2)cc(C(Cl)(Cl)Cl)c1. The van der Waals surface area contributed by atoms with Crippen molar-refractivity contribution < 1.29 is 0 Å². The van der Waals surface area contributed by atoms with Crippen LogP contribution in [0.15, 0.2) is 36.4 Å². The van der Waals surface area contributed by atoms with Crippen LogP contribution in [0.5, 0.6) is 0 Å². The van der Waals surface area contributed by atoms with E-state index in [-0.39, 0.29) is 0 Å². The molecule has 8 heteroatoms. The Morgan fingerprint density at radius 1 is 0.545 bits per heavy atom. The number of halogens is 6. The van der Waals surface area contributed by atoms with Crippen molar-refractivity contribution in [3.05, 3.63) is 47.5 Å². The number of hydrogen-bond donors (Lipinski definition) is 2. The van der Waals surface area contributed by atoms with Crippen LogP contribution < -0.4 is 11.5 Å². The average Bonchev–Trinajstić information content (AvgIpc) is 2.35. The van der Waals surface area contributed by atoms with Gasteiger partial charge in [0.1, 0.15) is 0 Å². The van der Waals surface area contributed by atoms with Gasteiger partial charge in [-0.1, -0.05) is 69.6 Å². The van der Waals surface area contributed by atoms with Crippen molar-refractivity contribution in [3.8, 4) is 11.1 Å². The van der Waals surface area contributed by atoms with Crippen molar-refractivity contribution in [3.63, 3.8) is 0 Å². The summed E-state index contributed by atoms with van der Waals surface area (Å²) in [4.78, 5) is 0. The Balaban J connectivity index is 2.62. The Morgan fingerprint density at radius 2 is 0.864 bits per heavy atom. The van der Waals surface area contributed by atoms with Crippen LogP contribution in [0.2, 0.25) is 0 Å². The van der Waals surface area contributed by atoms with Gasteiger partial charge >= 0.3 is 0 Å². The van der Waals surface area contributed by atoms with E-state index in [2.05, 4.69) is 0 Å². The molecule has 0 saturated carbocycles. The Labute approximate surface area is 158 Å². The van der Waals surface area contributed by atoms with Gasteiger partial charge in [0.2, 0.25) is 7.59 Å². The summed E-state index contributed by atoms with van der Waals surface area (Å²) in [5.74, 6) is 0. The first-order valence-electron chi connectivity index (χ1n) is 5.93. The Bertz CT molecular complexity index is 642. The van der Waals surface area contributed by atoms with Gasteiger partial charge in [-0.05, 0) is 47.5 Å². The van der Waals surface area contributed by atoms with E-state index in [1.165, 1.54) is 0 Å². The number of anilines is 2. The molecule has 0 radical (unpaired) electrons. The van der Waals surface area contributed by atoms with E-state index in [0.717, 1.165) is 0 Å². The van der Waals surface area contributed by atoms with Gasteiger partial charge in [-0.15, -0.1) is 0 Å². The third-order valence-corrected chi connectivity index (χ3v) is 4.21. The molecule has 0 amide bonds. The number of alkyl halides is 6. The van der Waals surface area contributed by atoms with Crippen LogP contribution in [0.3, 0.4) is 0 Å². The highest BCUT2D eigenvalue weighted by molar-refractivity contribution is 6.67. The number of benzene rings is 2. The highest BCUT2D eigenvalue weighted by atomic mass is 35.6. The molecule has 0 spiro atoms. The van der Waals surface area contributed by atoms with Crippen LogP contribution in [0.4, 0.5) is 11.4 Å². The molecular weight excluding hydrogens is 409 g/mol. The van der Waals surface area contributed by atoms with Gasteiger partial charge in [0.15, 0.2) is 0 Å². The zero-order valence-corrected chi connectivity index (χ0v) is 15.4. The zero-order valence-electron chi connectivity index (χ0n) is 10.9. The first-order valence-corrected chi connectivity index (χ1v) is 8.19. The minimum absolute atomic E-state index is 0.436. The van der Waals surface area contributed by atoms with Crippen molar-refractivity contribution in [1.82, 2.24) is 0 Å². The van der Waals surface area contributed by atoms with Crippen molar-refractivity contribution in [1.29, 1.82) is 0 Å². The molecule has 2 aromatic carbocycles. The molecule has 2 rings (SSSR count). The van der Waals surface area contributed by atoms with Crippen LogP contribution in [0.25, 0.3) is 11.1 Å². The molecule has 2 aromatic rings. The molecule has 118 valence electrons. The summed E-state index contributed by atoms with van der Waals surface area (Å²) in [7, 11) is 0. The van der Waals surface area contributed by atoms with Crippen LogP contribution in [-0.2, 0) is 7.59 Å². The third-order valence-electron chi connectivity index (χ3n) is 2.90. The molecule has 0 heterocycles. The summed E-state index contributed by atoms with van der Waals surface area (Å²) >= 11 is 35.5. The standard InChI is InChI=1S/C14H10Cl6N2/c15-13(16,17)9-1-7(3-11(21)5-9)8-2-10(14(18,19)20)6-12(22)4-8/h1-6H,21-22H2. The monoisotopic (exact) mass is 416 g/mol. The van der Waals surface area contributed by atoms with Crippen molar-refractivity contribution >= 4 is 81.0 Å². The highest BCUT2D eigenvalue weighted by Crippen LogP contribution is 2.43. The molecule has 0 aliphatic heterocycles. The fraction of sp³-hybridized carbons (Fsp3) is 0.143. The summed E-state index contributed by atoms with van der Waals surface area (Å²) in [6.07, 6.45) is 0. The second-order valence-corrected chi connectivity index (χ2v) is 9.25. The quantitative estimate of drug-likeness (QED) is 0.429. The number of rotatable bonds is 1. The van der Waals surface area contributed by atoms with Gasteiger partial charge in [-0.3, -0.25) is 0 Å². The highest BCUT2D eigenvalue weighted by Gasteiger charge is 2.26. The van der Waals surface area contributed by atoms with Crippen molar-refractivity contribution in [2.24, 2.45) is 0 Å². The topological polar surface area (TPSA) is 52.0 Å². The number of nitrogen functional groups attached to an aromatic ring is 2. The second-order valence-electron chi connectivity index (χ2n) is 4.68. The molecule has 22 heavy (non-hydrogen) atoms. The molecule has 0 unspecified atom stereocenters. The number of nitrogens with two attached hydrogens (primary N) is 2. The first-order chi connectivity index (χ1) is 9.96. The predicted molar refractivity (Wildman–Crippen MR) is 99.2 cm³/mol. The summed E-state index contributed by atoms with van der Waals surface area (Å²) < 4.78 is -3.19. The molecule has 0 atom stereocenters. The predicted octanol–water partition coefficient (Wildman–Crippen LogP) is 6.17. The zero-order chi connectivity index (χ0) is 16.7. The lowest BCUT2D eigenvalue weighted by molar-refractivity contribution is 1.23. The summed E-state index contributed by atoms with van der Waals surface area (Å²) in [5.41, 5.74) is 14.9. The smallest absolute Gasteiger partial charge is 0.216 e. The molecule has 0 aliphatic rings. The van der Waals surface area contributed by atoms with Gasteiger partial charge in [-0.25, -0.2) is 0 Å². The normalized spacial score (nSPS) is 12.5. The maximum atomic E-state index is 5.91. The lowest BCUT2D eigenvalue weighted by Crippen LogP contribution is -2.04. The van der Waals surface area contributed by atoms with Gasteiger partial charge < -0.3 is 11.5 Å². The molecule has 0 saturated heterocycles. The average molecular weight is 419 g/mol. The lowest BCUT2D eigenvalue weighted by atomic mass is 10.00. The van der Waals surface area contributed by atoms with E-state index in [9.17, 15) is 0 Å². The molecule has 0 aliphatic carbocycles. The lowest BCUT2D eigenvalue weighted by Gasteiger charge is -2.17. The summed E-state index contributed by atoms with van der Waals surface area (Å²) in [5, 5.41) is 0. The molecule has 0 fully saturated rings. The Morgan fingerprint density at radius 3 is 1.14 bits per heavy atom. The Hall–Kier alpha value is -0.220. The molecule has 2 nitrogen and oxygen atoms in total. The van der Waals surface area contributed by atoms with Crippen LogP contribution in [0.1, 0.15) is 11.1 Å². The molecule has 0 bridgehead atoms. The van der Waals surface area contributed by atoms with Crippen molar-refractivity contribution in [2.75, 3.05) is 11.5 Å². The third kappa shape index (κ3) is 4.41. The minimum atomic E-state index is -1.59. The molecule has 4 N–H and O–H groups in total. The maximum Gasteiger partial charge on any atom is 0.216 e. The fourth-order valence-corrected chi connectivity index (χ4v) is 2.62. The summed E-state index contributed by atoms with van der Waals surface area (Å²) in [6.45, 7) is 0.